The average Bonchev–Trinajstić information content (AvgIpc) is 3.22. The van der Waals surface area contributed by atoms with Gasteiger partial charge in [0, 0.05) is 44.1 Å². The monoisotopic (exact) mass is 470 g/mol. The van der Waals surface area contributed by atoms with Gasteiger partial charge in [0.2, 0.25) is 0 Å². The van der Waals surface area contributed by atoms with Crippen LogP contribution in [0.1, 0.15) is 17.1 Å². The van der Waals surface area contributed by atoms with Crippen molar-refractivity contribution in [2.24, 2.45) is 0 Å². The number of hydrogen-bond acceptors (Lipinski definition) is 5. The molecule has 145 valence electrons. The van der Waals surface area contributed by atoms with E-state index in [2.05, 4.69) is 19.9 Å². The number of aryl methyl sites for hydroxylation is 1. The van der Waals surface area contributed by atoms with Crippen LogP contribution < -0.4 is 5.56 Å². The third-order valence-corrected chi connectivity index (χ3v) is 4.93. The minimum absolute atomic E-state index is 0. The third-order valence-electron chi connectivity index (χ3n) is 4.93. The van der Waals surface area contributed by atoms with Crippen molar-refractivity contribution in [1.29, 1.82) is 0 Å². The Morgan fingerprint density at radius 1 is 1.03 bits per heavy atom. The van der Waals surface area contributed by atoms with Crippen molar-refractivity contribution < 1.29 is 32.7 Å². The zero-order valence-electron chi connectivity index (χ0n) is 16.3. The van der Waals surface area contributed by atoms with Gasteiger partial charge in [-0.1, -0.05) is 30.3 Å². The summed E-state index contributed by atoms with van der Waals surface area (Å²) >= 11 is 0. The van der Waals surface area contributed by atoms with Gasteiger partial charge < -0.3 is 11.4 Å². The quantitative estimate of drug-likeness (QED) is 0.408. The number of nitrogens with zero attached hydrogens (tertiary/aromatic N) is 5. The van der Waals surface area contributed by atoms with Crippen LogP contribution in [-0.4, -0.2) is 29.5 Å². The number of benzene rings is 2. The van der Waals surface area contributed by atoms with Crippen molar-refractivity contribution in [1.82, 2.24) is 29.5 Å². The fourth-order valence-corrected chi connectivity index (χ4v) is 3.53. The first-order valence-electron chi connectivity index (χ1n) is 9.26. The van der Waals surface area contributed by atoms with Gasteiger partial charge in [-0.3, -0.25) is 14.3 Å². The number of aromatic nitrogens is 6. The van der Waals surface area contributed by atoms with E-state index < -0.39 is 0 Å². The van der Waals surface area contributed by atoms with Crippen LogP contribution in [0.2, 0.25) is 0 Å². The molecule has 30 heavy (non-hydrogen) atoms. The molecule has 1 radical (unpaired) electrons. The Kier molecular flexibility index (Phi) is 5.75. The van der Waals surface area contributed by atoms with Crippen LogP contribution in [0.3, 0.4) is 0 Å². The number of aromatic amines is 1. The number of rotatable bonds is 4. The summed E-state index contributed by atoms with van der Waals surface area (Å²) < 4.78 is 1.65. The molecule has 0 atom stereocenters. The molecule has 1 N–H and O–H groups in total. The minimum atomic E-state index is -0.0834. The van der Waals surface area contributed by atoms with E-state index >= 15 is 0 Å². The molecular weight excluding hydrogens is 453 g/mol. The molecule has 8 heteroatoms. The summed E-state index contributed by atoms with van der Waals surface area (Å²) in [6, 6.07) is 15.3. The number of nitrogens with one attached hydrogen (secondary N) is 1. The SMILES string of the molecule is Cc1cccc2nc([CH-]Cc3ncnc4nc[nH]c34)n(-c3ccccc3)c(=O)c12.[Y]. The zero-order valence-corrected chi connectivity index (χ0v) is 19.1. The van der Waals surface area contributed by atoms with Gasteiger partial charge in [-0.25, -0.2) is 15.0 Å². The first-order chi connectivity index (χ1) is 14.2. The minimum Gasteiger partial charge on any atom is -0.342 e. The van der Waals surface area contributed by atoms with Crippen LogP contribution in [0.4, 0.5) is 0 Å². The van der Waals surface area contributed by atoms with Gasteiger partial charge in [-0.15, -0.1) is 6.42 Å². The van der Waals surface area contributed by atoms with E-state index in [4.69, 9.17) is 4.98 Å². The Hall–Kier alpha value is -2.90. The third kappa shape index (κ3) is 3.55. The van der Waals surface area contributed by atoms with E-state index in [1.165, 1.54) is 6.33 Å². The molecule has 3 aromatic heterocycles. The van der Waals surface area contributed by atoms with Crippen molar-refractivity contribution in [3.05, 3.63) is 95.0 Å². The van der Waals surface area contributed by atoms with E-state index in [-0.39, 0.29) is 38.3 Å². The predicted octanol–water partition coefficient (Wildman–Crippen LogP) is 3.15. The van der Waals surface area contributed by atoms with Crippen LogP contribution in [0.5, 0.6) is 0 Å². The summed E-state index contributed by atoms with van der Waals surface area (Å²) in [5, 5.41) is 0.631. The molecule has 0 aliphatic carbocycles. The van der Waals surface area contributed by atoms with Crippen molar-refractivity contribution >= 4 is 22.1 Å². The van der Waals surface area contributed by atoms with Gasteiger partial charge in [0.1, 0.15) is 11.8 Å². The van der Waals surface area contributed by atoms with E-state index in [1.54, 1.807) is 10.9 Å². The maximum atomic E-state index is 13.4. The van der Waals surface area contributed by atoms with Crippen LogP contribution in [0.25, 0.3) is 27.8 Å². The molecule has 0 aliphatic rings. The molecule has 0 saturated heterocycles. The summed E-state index contributed by atoms with van der Waals surface area (Å²) in [4.78, 5) is 34.0. The van der Waals surface area contributed by atoms with Crippen molar-refractivity contribution in [2.45, 2.75) is 13.3 Å². The fraction of sp³-hybridized carbons (Fsp3) is 0.0909. The largest absolute Gasteiger partial charge is 0.342 e. The molecule has 0 amide bonds. The Balaban J connectivity index is 0.00000218. The topological polar surface area (TPSA) is 89.3 Å². The molecule has 0 unspecified atom stereocenters. The molecule has 0 spiro atoms. The van der Waals surface area contributed by atoms with E-state index in [9.17, 15) is 4.79 Å². The van der Waals surface area contributed by atoms with Crippen molar-refractivity contribution in [3.8, 4) is 5.69 Å². The predicted molar refractivity (Wildman–Crippen MR) is 111 cm³/mol. The van der Waals surface area contributed by atoms with Crippen LogP contribution in [0, 0.1) is 13.3 Å². The van der Waals surface area contributed by atoms with Gasteiger partial charge in [0.05, 0.1) is 17.2 Å². The Morgan fingerprint density at radius 3 is 2.70 bits per heavy atom. The van der Waals surface area contributed by atoms with Gasteiger partial charge in [-0.2, -0.15) is 0 Å². The Bertz CT molecular complexity index is 1390. The van der Waals surface area contributed by atoms with Crippen molar-refractivity contribution in [2.75, 3.05) is 0 Å². The molecule has 0 fully saturated rings. The fourth-order valence-electron chi connectivity index (χ4n) is 3.53. The molecule has 7 nitrogen and oxygen atoms in total. The second kappa shape index (κ2) is 8.46. The molecular formula is C22H17N6OY-. The van der Waals surface area contributed by atoms with Gasteiger partial charge in [-0.05, 0) is 36.5 Å². The second-order valence-corrected chi connectivity index (χ2v) is 6.74. The average molecular weight is 470 g/mol. The van der Waals surface area contributed by atoms with Crippen molar-refractivity contribution in [3.63, 3.8) is 0 Å². The molecule has 0 saturated carbocycles. The second-order valence-electron chi connectivity index (χ2n) is 6.74. The summed E-state index contributed by atoms with van der Waals surface area (Å²) in [5.74, 6) is 0.575. The normalized spacial score (nSPS) is 10.8. The first-order valence-corrected chi connectivity index (χ1v) is 9.26. The smallest absolute Gasteiger partial charge is 0.264 e. The molecule has 3 heterocycles. The van der Waals surface area contributed by atoms with Gasteiger partial charge in [0.15, 0.2) is 5.65 Å². The van der Waals surface area contributed by atoms with E-state index in [0.29, 0.717) is 28.8 Å². The summed E-state index contributed by atoms with van der Waals surface area (Å²) in [6.07, 6.45) is 5.49. The van der Waals surface area contributed by atoms with E-state index in [1.807, 2.05) is 61.9 Å². The zero-order chi connectivity index (χ0) is 19.8. The van der Waals surface area contributed by atoms with Gasteiger partial charge >= 0.3 is 0 Å². The molecule has 0 aliphatic heterocycles. The summed E-state index contributed by atoms with van der Waals surface area (Å²) in [5.41, 5.74) is 4.48. The summed E-state index contributed by atoms with van der Waals surface area (Å²) in [6.45, 7) is 1.93. The molecule has 0 bridgehead atoms. The first kappa shape index (κ1) is 20.4. The maximum Gasteiger partial charge on any atom is 0.264 e. The van der Waals surface area contributed by atoms with Crippen LogP contribution >= 0.6 is 0 Å². The number of fused-ring (bicyclic) bond motifs is 2. The number of H-pyrrole nitrogens is 1. The van der Waals surface area contributed by atoms with Gasteiger partial charge in [0.25, 0.3) is 5.56 Å². The molecule has 2 aromatic carbocycles. The Morgan fingerprint density at radius 2 is 1.87 bits per heavy atom. The van der Waals surface area contributed by atoms with E-state index in [0.717, 1.165) is 22.5 Å². The van der Waals surface area contributed by atoms with Crippen LogP contribution in [-0.2, 0) is 39.1 Å². The summed E-state index contributed by atoms with van der Waals surface area (Å²) in [7, 11) is 0. The maximum absolute atomic E-state index is 13.4. The molecule has 5 aromatic rings. The number of hydrogen-bond donors (Lipinski definition) is 1. The van der Waals surface area contributed by atoms with Crippen LogP contribution in [0.15, 0.2) is 66.0 Å². The standard InChI is InChI=1S/C22H17N6O.Y/c1-14-6-5-9-16-19(14)22(29)28(15-7-3-2-4-8-15)18(27-16)11-10-17-20-21(25-12-23-17)26-13-24-20;/h2-9,11-13H,10H2,1H3,(H,23,24,25,26);/q-1;. The Labute approximate surface area is 197 Å². The molecule has 5 rings (SSSR count). The number of para-hydroxylation sites is 1. The number of imidazole rings is 1.